The molecule has 104 valence electrons. The molecule has 20 heavy (non-hydrogen) atoms. The Labute approximate surface area is 126 Å². The molecular formula is C16H15BrFNO. The van der Waals surface area contributed by atoms with E-state index in [2.05, 4.69) is 27.3 Å². The molecule has 2 aromatic carbocycles. The van der Waals surface area contributed by atoms with Crippen LogP contribution in [0.4, 0.5) is 10.1 Å². The van der Waals surface area contributed by atoms with Crippen molar-refractivity contribution in [2.75, 3.05) is 11.9 Å². The predicted molar refractivity (Wildman–Crippen MR) is 81.7 cm³/mol. The highest BCUT2D eigenvalue weighted by Crippen LogP contribution is 2.32. The number of hydrogen-bond donors (Lipinski definition) is 1. The van der Waals surface area contributed by atoms with Crippen LogP contribution in [-0.2, 0) is 13.0 Å². The van der Waals surface area contributed by atoms with E-state index in [1.807, 2.05) is 12.1 Å². The van der Waals surface area contributed by atoms with Gasteiger partial charge in [-0.2, -0.15) is 0 Å². The standard InChI is InChI=1S/C16H15BrFNO/c17-13-6-7-14(18)12(9-13)10-20-15-5-1-3-11-4-2-8-19-16(11)15/h1,3,5-7,9,19H,2,4,8,10H2. The molecule has 0 spiro atoms. The summed E-state index contributed by atoms with van der Waals surface area (Å²) in [6.07, 6.45) is 2.20. The van der Waals surface area contributed by atoms with Crippen molar-refractivity contribution in [2.24, 2.45) is 0 Å². The number of nitrogens with one attached hydrogen (secondary N) is 1. The van der Waals surface area contributed by atoms with Crippen LogP contribution in [0.25, 0.3) is 0 Å². The zero-order valence-electron chi connectivity index (χ0n) is 11.0. The molecule has 2 nitrogen and oxygen atoms in total. The lowest BCUT2D eigenvalue weighted by molar-refractivity contribution is 0.300. The van der Waals surface area contributed by atoms with Crippen molar-refractivity contribution in [3.05, 3.63) is 57.8 Å². The molecule has 1 N–H and O–H groups in total. The fourth-order valence-electron chi connectivity index (χ4n) is 2.41. The summed E-state index contributed by atoms with van der Waals surface area (Å²) in [5.41, 5.74) is 2.87. The number of fused-ring (bicyclic) bond motifs is 1. The minimum Gasteiger partial charge on any atom is -0.487 e. The van der Waals surface area contributed by atoms with E-state index in [4.69, 9.17) is 4.74 Å². The van der Waals surface area contributed by atoms with Gasteiger partial charge in [-0.3, -0.25) is 0 Å². The molecule has 1 heterocycles. The number of benzene rings is 2. The van der Waals surface area contributed by atoms with Crippen LogP contribution in [0.1, 0.15) is 17.5 Å². The number of halogens is 2. The average molecular weight is 336 g/mol. The van der Waals surface area contributed by atoms with Crippen molar-refractivity contribution in [1.82, 2.24) is 0 Å². The fraction of sp³-hybridized carbons (Fsp3) is 0.250. The molecule has 3 rings (SSSR count). The number of para-hydroxylation sites is 1. The summed E-state index contributed by atoms with van der Waals surface area (Å²) >= 11 is 3.35. The molecule has 0 aromatic heterocycles. The number of rotatable bonds is 3. The molecule has 0 fully saturated rings. The summed E-state index contributed by atoms with van der Waals surface area (Å²) in [6, 6.07) is 10.9. The highest BCUT2D eigenvalue weighted by Gasteiger charge is 2.13. The number of anilines is 1. The van der Waals surface area contributed by atoms with E-state index in [9.17, 15) is 4.39 Å². The van der Waals surface area contributed by atoms with Gasteiger partial charge in [-0.15, -0.1) is 0 Å². The Morgan fingerprint density at radius 2 is 2.15 bits per heavy atom. The zero-order chi connectivity index (χ0) is 13.9. The Morgan fingerprint density at radius 1 is 1.25 bits per heavy atom. The molecule has 1 aliphatic rings. The third kappa shape index (κ3) is 2.80. The number of ether oxygens (including phenoxy) is 1. The summed E-state index contributed by atoms with van der Waals surface area (Å²) in [4.78, 5) is 0. The van der Waals surface area contributed by atoms with Gasteiger partial charge in [0.25, 0.3) is 0 Å². The molecule has 0 unspecified atom stereocenters. The van der Waals surface area contributed by atoms with E-state index in [0.717, 1.165) is 35.3 Å². The molecular weight excluding hydrogens is 321 g/mol. The smallest absolute Gasteiger partial charge is 0.143 e. The van der Waals surface area contributed by atoms with E-state index < -0.39 is 0 Å². The second kappa shape index (κ2) is 5.83. The molecule has 0 radical (unpaired) electrons. The second-order valence-corrected chi connectivity index (χ2v) is 5.76. The number of aryl methyl sites for hydroxylation is 1. The Balaban J connectivity index is 1.80. The molecule has 4 heteroatoms. The Bertz CT molecular complexity index is 630. The molecule has 0 aliphatic carbocycles. The first kappa shape index (κ1) is 13.4. The predicted octanol–water partition coefficient (Wildman–Crippen LogP) is 4.53. The van der Waals surface area contributed by atoms with Gasteiger partial charge >= 0.3 is 0 Å². The van der Waals surface area contributed by atoms with Crippen molar-refractivity contribution in [2.45, 2.75) is 19.4 Å². The van der Waals surface area contributed by atoms with Crippen LogP contribution in [0, 0.1) is 5.82 Å². The summed E-state index contributed by atoms with van der Waals surface area (Å²) in [5.74, 6) is 0.549. The Kier molecular flexibility index (Phi) is 3.92. The summed E-state index contributed by atoms with van der Waals surface area (Å²) in [7, 11) is 0. The van der Waals surface area contributed by atoms with E-state index in [-0.39, 0.29) is 12.4 Å². The third-order valence-corrected chi connectivity index (χ3v) is 3.92. The normalized spacial score (nSPS) is 13.5. The van der Waals surface area contributed by atoms with Gasteiger partial charge in [0, 0.05) is 16.6 Å². The zero-order valence-corrected chi connectivity index (χ0v) is 12.5. The number of hydrogen-bond acceptors (Lipinski definition) is 2. The van der Waals surface area contributed by atoms with Gasteiger partial charge in [0.1, 0.15) is 18.2 Å². The van der Waals surface area contributed by atoms with Crippen LogP contribution in [0.5, 0.6) is 5.75 Å². The Morgan fingerprint density at radius 3 is 3.05 bits per heavy atom. The Hall–Kier alpha value is -1.55. The minimum atomic E-state index is -0.244. The highest BCUT2D eigenvalue weighted by molar-refractivity contribution is 9.10. The second-order valence-electron chi connectivity index (χ2n) is 4.85. The largest absolute Gasteiger partial charge is 0.487 e. The van der Waals surface area contributed by atoms with Gasteiger partial charge in [-0.25, -0.2) is 4.39 Å². The van der Waals surface area contributed by atoms with Crippen LogP contribution in [0.2, 0.25) is 0 Å². The first-order chi connectivity index (χ1) is 9.74. The lowest BCUT2D eigenvalue weighted by atomic mass is 10.0. The first-order valence-electron chi connectivity index (χ1n) is 6.66. The molecule has 0 amide bonds. The van der Waals surface area contributed by atoms with E-state index in [1.54, 1.807) is 12.1 Å². The monoisotopic (exact) mass is 335 g/mol. The van der Waals surface area contributed by atoms with Crippen LogP contribution in [0.3, 0.4) is 0 Å². The quantitative estimate of drug-likeness (QED) is 0.889. The molecule has 0 atom stereocenters. The van der Waals surface area contributed by atoms with Crippen molar-refractivity contribution in [3.63, 3.8) is 0 Å². The summed E-state index contributed by atoms with van der Waals surface area (Å²) < 4.78 is 20.4. The third-order valence-electron chi connectivity index (χ3n) is 3.43. The lowest BCUT2D eigenvalue weighted by Crippen LogP contribution is -2.13. The van der Waals surface area contributed by atoms with Gasteiger partial charge in [-0.1, -0.05) is 28.1 Å². The van der Waals surface area contributed by atoms with Crippen LogP contribution >= 0.6 is 15.9 Å². The lowest BCUT2D eigenvalue weighted by Gasteiger charge is -2.21. The fourth-order valence-corrected chi connectivity index (χ4v) is 2.82. The molecule has 0 saturated carbocycles. The molecule has 0 bridgehead atoms. The molecule has 0 saturated heterocycles. The summed E-state index contributed by atoms with van der Waals surface area (Å²) in [5, 5.41) is 3.37. The van der Waals surface area contributed by atoms with E-state index in [0.29, 0.717) is 5.56 Å². The topological polar surface area (TPSA) is 21.3 Å². The van der Waals surface area contributed by atoms with Gasteiger partial charge in [0.15, 0.2) is 0 Å². The van der Waals surface area contributed by atoms with Gasteiger partial charge < -0.3 is 10.1 Å². The van der Waals surface area contributed by atoms with Crippen molar-refractivity contribution < 1.29 is 9.13 Å². The molecule has 2 aromatic rings. The van der Waals surface area contributed by atoms with Crippen molar-refractivity contribution in [3.8, 4) is 5.75 Å². The maximum Gasteiger partial charge on any atom is 0.143 e. The summed E-state index contributed by atoms with van der Waals surface area (Å²) in [6.45, 7) is 1.18. The van der Waals surface area contributed by atoms with Crippen LogP contribution in [-0.4, -0.2) is 6.54 Å². The van der Waals surface area contributed by atoms with E-state index >= 15 is 0 Å². The maximum absolute atomic E-state index is 13.7. The SMILES string of the molecule is Fc1ccc(Br)cc1COc1cccc2c1NCCC2. The molecule has 1 aliphatic heterocycles. The van der Waals surface area contributed by atoms with Crippen molar-refractivity contribution >= 4 is 21.6 Å². The van der Waals surface area contributed by atoms with Gasteiger partial charge in [-0.05, 0) is 42.7 Å². The van der Waals surface area contributed by atoms with Crippen LogP contribution < -0.4 is 10.1 Å². The highest BCUT2D eigenvalue weighted by atomic mass is 79.9. The van der Waals surface area contributed by atoms with Crippen LogP contribution in [0.15, 0.2) is 40.9 Å². The average Bonchev–Trinajstić information content (AvgIpc) is 2.48. The van der Waals surface area contributed by atoms with Crippen molar-refractivity contribution in [1.29, 1.82) is 0 Å². The van der Waals surface area contributed by atoms with Gasteiger partial charge in [0.2, 0.25) is 0 Å². The van der Waals surface area contributed by atoms with E-state index in [1.165, 1.54) is 11.6 Å². The first-order valence-corrected chi connectivity index (χ1v) is 7.46. The van der Waals surface area contributed by atoms with Gasteiger partial charge in [0.05, 0.1) is 5.69 Å². The minimum absolute atomic E-state index is 0.226. The maximum atomic E-state index is 13.7.